The molecule has 2 fully saturated rings. The number of nitrogens with zero attached hydrogens (tertiary/aromatic N) is 2. The molecule has 2 aromatic rings. The Morgan fingerprint density at radius 3 is 2.63 bits per heavy atom. The predicted molar refractivity (Wildman–Crippen MR) is 197 cm³/mol. The van der Waals surface area contributed by atoms with Crippen LogP contribution in [0.5, 0.6) is 5.75 Å². The molecule has 1 saturated carbocycles. The van der Waals surface area contributed by atoms with Gasteiger partial charge in [-0.2, -0.15) is 4.31 Å². The normalized spacial score (nSPS) is 35.8. The van der Waals surface area contributed by atoms with Gasteiger partial charge in [0.2, 0.25) is 10.0 Å². The number of aryl methyl sites for hydroxylation is 1. The molecule has 2 bridgehead atoms. The van der Waals surface area contributed by atoms with Gasteiger partial charge >= 0.3 is 0 Å². The molecular weight excluding hydrogens is 682 g/mol. The first kappa shape index (κ1) is 35.1. The number of rotatable bonds is 1. The lowest BCUT2D eigenvalue weighted by atomic mass is 9.62. The molecule has 1 N–H and O–H groups in total. The van der Waals surface area contributed by atoms with E-state index in [4.69, 9.17) is 21.1 Å². The van der Waals surface area contributed by atoms with Gasteiger partial charge in [-0.05, 0) is 117 Å². The Bertz CT molecular complexity index is 1840. The lowest BCUT2D eigenvalue weighted by Gasteiger charge is -2.54. The molecule has 3 aliphatic heterocycles. The van der Waals surface area contributed by atoms with Crippen LogP contribution in [0.25, 0.3) is 0 Å². The number of halogens is 1. The molecule has 2 aromatic carbocycles. The van der Waals surface area contributed by atoms with E-state index in [1.807, 2.05) is 25.1 Å². The van der Waals surface area contributed by atoms with Crippen LogP contribution in [0.2, 0.25) is 5.02 Å². The van der Waals surface area contributed by atoms with Gasteiger partial charge in [-0.3, -0.25) is 9.52 Å². The first-order valence-corrected chi connectivity index (χ1v) is 21.8. The number of fused-ring (bicyclic) bond motifs is 5. The third-order valence-corrected chi connectivity index (χ3v) is 16.1. The van der Waals surface area contributed by atoms with E-state index >= 15 is 0 Å². The van der Waals surface area contributed by atoms with E-state index in [1.54, 1.807) is 10.4 Å². The number of carbonyl (C=O) groups is 1. The Kier molecular flexibility index (Phi) is 9.33. The van der Waals surface area contributed by atoms with Crippen LogP contribution in [0.1, 0.15) is 80.3 Å². The lowest BCUT2D eigenvalue weighted by molar-refractivity contribution is -0.165. The second kappa shape index (κ2) is 13.0. The largest absolute Gasteiger partial charge is 0.490 e. The molecule has 1 amide bonds. The molecule has 7 atom stereocenters. The van der Waals surface area contributed by atoms with Gasteiger partial charge in [0.25, 0.3) is 5.91 Å². The number of sulfonamides is 1. The maximum absolute atomic E-state index is 13.9. The smallest absolute Gasteiger partial charge is 0.262 e. The Hall–Kier alpha value is -2.31. The maximum atomic E-state index is 13.9. The van der Waals surface area contributed by atoms with Gasteiger partial charge in [0.05, 0.1) is 40.5 Å². The molecule has 2 aliphatic carbocycles. The molecular formula is C37H50ClN3O6S2. The number of ether oxygens (including phenoxy) is 2. The number of hydrogen-bond donors (Lipinski definition) is 1. The van der Waals surface area contributed by atoms with Crippen molar-refractivity contribution in [1.82, 2.24) is 9.03 Å². The van der Waals surface area contributed by atoms with Gasteiger partial charge in [-0.1, -0.05) is 31.0 Å². The third-order valence-electron chi connectivity index (χ3n) is 12.4. The molecule has 268 valence electrons. The monoisotopic (exact) mass is 731 g/mol. The average molecular weight is 732 g/mol. The first-order valence-electron chi connectivity index (χ1n) is 17.8. The van der Waals surface area contributed by atoms with Crippen LogP contribution in [-0.4, -0.2) is 85.2 Å². The quantitative estimate of drug-likeness (QED) is 0.390. The number of morpholine rings is 1. The predicted octanol–water partition coefficient (Wildman–Crippen LogP) is 5.44. The second-order valence-corrected chi connectivity index (χ2v) is 20.3. The summed E-state index contributed by atoms with van der Waals surface area (Å²) in [5.74, 6) is 4.78. The van der Waals surface area contributed by atoms with E-state index in [9.17, 15) is 17.4 Å². The number of carbonyl (C=O) groups excluding carboxylic acids is 1. The summed E-state index contributed by atoms with van der Waals surface area (Å²) in [5, 5.41) is 0.371. The highest BCUT2D eigenvalue weighted by molar-refractivity contribution is 7.99. The fourth-order valence-corrected chi connectivity index (χ4v) is 11.8. The molecule has 0 aromatic heterocycles. The van der Waals surface area contributed by atoms with Crippen molar-refractivity contribution in [2.24, 2.45) is 17.8 Å². The molecule has 0 radical (unpaired) electrons. The van der Waals surface area contributed by atoms with E-state index in [2.05, 4.69) is 34.5 Å². The summed E-state index contributed by atoms with van der Waals surface area (Å²) < 4.78 is 57.5. The highest BCUT2D eigenvalue weighted by Crippen LogP contribution is 2.51. The fourth-order valence-electron chi connectivity index (χ4n) is 9.28. The molecule has 49 heavy (non-hydrogen) atoms. The standard InChI is InChI=1S/C37H50ClN3O6S2/c1-25-7-5-16-37(23-41(17-18-47-37)49(4,44)45)32-12-9-29(32)21-40-22-36(15-6-8-27-19-30(38)11-13-31(27)36)24-46-34-14-10-28(20-33(34)40)35(42)39-48(3,43)26(25)2/h10-11,13-14,19-20,25-26,29,32H,3,5-9,12,15-18,21-24H2,1-2,4H3,(H,39,42,43)/t25-,26+,29-,32+,36-,37+,48?/m0/s1. The van der Waals surface area contributed by atoms with Crippen LogP contribution in [0, 0.1) is 17.8 Å². The van der Waals surface area contributed by atoms with Gasteiger partial charge in [-0.25, -0.2) is 12.6 Å². The van der Waals surface area contributed by atoms with E-state index < -0.39 is 31.2 Å². The van der Waals surface area contributed by atoms with Crippen LogP contribution in [0.15, 0.2) is 36.4 Å². The second-order valence-electron chi connectivity index (χ2n) is 15.5. The summed E-state index contributed by atoms with van der Waals surface area (Å²) in [6.07, 6.45) is 8.49. The lowest BCUT2D eigenvalue weighted by Crippen LogP contribution is -2.62. The van der Waals surface area contributed by atoms with Gasteiger partial charge in [0.1, 0.15) is 5.75 Å². The summed E-state index contributed by atoms with van der Waals surface area (Å²) in [6, 6.07) is 11.7. The van der Waals surface area contributed by atoms with Crippen molar-refractivity contribution >= 4 is 48.8 Å². The highest BCUT2D eigenvalue weighted by Gasteiger charge is 2.53. The first-order chi connectivity index (χ1) is 23.2. The number of nitrogens with one attached hydrogen (secondary N) is 1. The number of amides is 1. The fraction of sp³-hybridized carbons (Fsp3) is 0.622. The zero-order valence-electron chi connectivity index (χ0n) is 28.9. The Balaban J connectivity index is 1.32. The van der Waals surface area contributed by atoms with Gasteiger partial charge in [0, 0.05) is 47.4 Å². The molecule has 7 rings (SSSR count). The zero-order chi connectivity index (χ0) is 34.8. The molecule has 3 heterocycles. The van der Waals surface area contributed by atoms with Gasteiger partial charge < -0.3 is 14.4 Å². The van der Waals surface area contributed by atoms with Crippen molar-refractivity contribution in [2.45, 2.75) is 81.5 Å². The van der Waals surface area contributed by atoms with Crippen LogP contribution in [0.4, 0.5) is 5.69 Å². The van der Waals surface area contributed by atoms with Crippen molar-refractivity contribution < 1.29 is 26.9 Å². The van der Waals surface area contributed by atoms with Gasteiger partial charge in [-0.15, -0.1) is 0 Å². The van der Waals surface area contributed by atoms with E-state index in [-0.39, 0.29) is 28.4 Å². The SMILES string of the molecule is C=S1(=O)NC(=O)c2ccc3c(c2)N(C[C@@H]2CC[C@H]2[C@@]2(CCC[C@H](C)[C@H]1C)CN(S(C)(=O)=O)CCO2)C[C@@]1(CCCc2cc(Cl)ccc21)CO3. The topological polar surface area (TPSA) is 105 Å². The molecule has 1 saturated heterocycles. The van der Waals surface area contributed by atoms with Crippen molar-refractivity contribution in [2.75, 3.05) is 50.5 Å². The van der Waals surface area contributed by atoms with Crippen molar-refractivity contribution in [3.05, 3.63) is 58.1 Å². The molecule has 5 aliphatic rings. The molecule has 2 spiro atoms. The minimum atomic E-state index is -3.40. The minimum absolute atomic E-state index is 0.0161. The van der Waals surface area contributed by atoms with Gasteiger partial charge in [0.15, 0.2) is 0 Å². The van der Waals surface area contributed by atoms with E-state index in [1.165, 1.54) is 17.4 Å². The van der Waals surface area contributed by atoms with E-state index in [0.717, 1.165) is 68.0 Å². The Morgan fingerprint density at radius 2 is 1.88 bits per heavy atom. The number of benzene rings is 2. The molecule has 1 unspecified atom stereocenters. The van der Waals surface area contributed by atoms with E-state index in [0.29, 0.717) is 44.8 Å². The Morgan fingerprint density at radius 1 is 1.06 bits per heavy atom. The minimum Gasteiger partial charge on any atom is -0.490 e. The van der Waals surface area contributed by atoms with Crippen LogP contribution >= 0.6 is 11.6 Å². The maximum Gasteiger partial charge on any atom is 0.262 e. The summed E-state index contributed by atoms with van der Waals surface area (Å²) in [5.41, 5.74) is 2.90. The zero-order valence-corrected chi connectivity index (χ0v) is 31.3. The van der Waals surface area contributed by atoms with Crippen molar-refractivity contribution in [3.63, 3.8) is 0 Å². The van der Waals surface area contributed by atoms with Crippen molar-refractivity contribution in [1.29, 1.82) is 0 Å². The average Bonchev–Trinajstić information content (AvgIpc) is 3.18. The number of hydrogen-bond acceptors (Lipinski definition) is 7. The van der Waals surface area contributed by atoms with Crippen LogP contribution in [-0.2, 0) is 36.3 Å². The highest BCUT2D eigenvalue weighted by atomic mass is 35.5. The van der Waals surface area contributed by atoms with Crippen LogP contribution < -0.4 is 14.4 Å². The summed E-state index contributed by atoms with van der Waals surface area (Å²) in [4.78, 5) is 16.1. The summed E-state index contributed by atoms with van der Waals surface area (Å²) in [7, 11) is -6.38. The van der Waals surface area contributed by atoms with Crippen LogP contribution in [0.3, 0.4) is 0 Å². The molecule has 12 heteroatoms. The summed E-state index contributed by atoms with van der Waals surface area (Å²) in [6.45, 7) is 6.95. The third kappa shape index (κ3) is 6.63. The number of anilines is 1. The molecule has 9 nitrogen and oxygen atoms in total. The van der Waals surface area contributed by atoms with Crippen molar-refractivity contribution in [3.8, 4) is 5.75 Å². The Labute approximate surface area is 297 Å². The summed E-state index contributed by atoms with van der Waals surface area (Å²) >= 11 is 6.47.